The molecule has 0 saturated heterocycles. The predicted molar refractivity (Wildman–Crippen MR) is 82.0 cm³/mol. The number of nitrogens with one attached hydrogen (secondary N) is 1. The van der Waals surface area contributed by atoms with Crippen LogP contribution in [-0.4, -0.2) is 16.5 Å². The van der Waals surface area contributed by atoms with E-state index in [0.29, 0.717) is 0 Å². The quantitative estimate of drug-likeness (QED) is 0.920. The highest BCUT2D eigenvalue weighted by Gasteiger charge is 2.17. The summed E-state index contributed by atoms with van der Waals surface area (Å²) in [5.41, 5.74) is 2.34. The topological polar surface area (TPSA) is 37.8 Å². The van der Waals surface area contributed by atoms with Crippen molar-refractivity contribution in [2.75, 3.05) is 11.9 Å². The second kappa shape index (κ2) is 5.70. The van der Waals surface area contributed by atoms with E-state index in [4.69, 9.17) is 4.98 Å². The van der Waals surface area contributed by atoms with Crippen LogP contribution in [0.25, 0.3) is 0 Å². The van der Waals surface area contributed by atoms with Crippen molar-refractivity contribution in [3.8, 4) is 0 Å². The molecular formula is C15H21N3S. The fourth-order valence-electron chi connectivity index (χ4n) is 1.75. The largest absolute Gasteiger partial charge is 0.370 e. The van der Waals surface area contributed by atoms with Gasteiger partial charge >= 0.3 is 0 Å². The van der Waals surface area contributed by atoms with E-state index in [0.717, 1.165) is 35.2 Å². The minimum absolute atomic E-state index is 0.119. The van der Waals surface area contributed by atoms with E-state index in [1.165, 1.54) is 0 Å². The number of anilines is 1. The fraction of sp³-hybridized carbons (Fsp3) is 0.467. The molecular weight excluding hydrogens is 254 g/mol. The van der Waals surface area contributed by atoms with Crippen LogP contribution in [0.1, 0.15) is 44.1 Å². The van der Waals surface area contributed by atoms with Crippen molar-refractivity contribution in [2.45, 2.75) is 39.5 Å². The molecule has 0 unspecified atom stereocenters. The summed E-state index contributed by atoms with van der Waals surface area (Å²) in [5.74, 6) is 0.938. The van der Waals surface area contributed by atoms with Gasteiger partial charge in [-0.1, -0.05) is 26.8 Å². The molecule has 102 valence electrons. The van der Waals surface area contributed by atoms with Crippen LogP contribution in [0.15, 0.2) is 23.6 Å². The zero-order valence-electron chi connectivity index (χ0n) is 12.0. The van der Waals surface area contributed by atoms with Crippen LogP contribution in [0, 0.1) is 0 Å². The van der Waals surface area contributed by atoms with Crippen molar-refractivity contribution >= 4 is 17.2 Å². The molecule has 3 nitrogen and oxygen atoms in total. The van der Waals surface area contributed by atoms with Crippen molar-refractivity contribution in [2.24, 2.45) is 0 Å². The lowest BCUT2D eigenvalue weighted by Gasteiger charge is -2.14. The Morgan fingerprint density at radius 1 is 1.21 bits per heavy atom. The van der Waals surface area contributed by atoms with Gasteiger partial charge in [0.15, 0.2) is 0 Å². The Hall–Kier alpha value is -1.42. The highest BCUT2D eigenvalue weighted by Crippen LogP contribution is 2.25. The number of thiazole rings is 1. The number of hydrogen-bond donors (Lipinski definition) is 1. The van der Waals surface area contributed by atoms with Crippen molar-refractivity contribution in [1.29, 1.82) is 0 Å². The van der Waals surface area contributed by atoms with E-state index in [-0.39, 0.29) is 5.41 Å². The second-order valence-electron chi connectivity index (χ2n) is 5.60. The predicted octanol–water partition coefficient (Wildman–Crippen LogP) is 3.86. The van der Waals surface area contributed by atoms with E-state index in [1.54, 1.807) is 11.3 Å². The number of nitrogens with zero attached hydrogens (tertiary/aromatic N) is 2. The first-order valence-electron chi connectivity index (χ1n) is 6.63. The van der Waals surface area contributed by atoms with E-state index < -0.39 is 0 Å². The van der Waals surface area contributed by atoms with E-state index in [9.17, 15) is 0 Å². The van der Waals surface area contributed by atoms with Gasteiger partial charge in [0.1, 0.15) is 5.82 Å². The Kier molecular flexibility index (Phi) is 4.20. The fourth-order valence-corrected chi connectivity index (χ4v) is 2.79. The number of pyridine rings is 1. The molecule has 0 aliphatic rings. The first-order chi connectivity index (χ1) is 8.99. The molecule has 2 aromatic heterocycles. The normalized spacial score (nSPS) is 11.6. The monoisotopic (exact) mass is 275 g/mol. The molecule has 0 fully saturated rings. The Bertz CT molecular complexity index is 540. The third kappa shape index (κ3) is 3.77. The molecule has 2 aromatic rings. The van der Waals surface area contributed by atoms with Crippen molar-refractivity contribution in [3.05, 3.63) is 40.0 Å². The van der Waals surface area contributed by atoms with Gasteiger partial charge in [0.25, 0.3) is 0 Å². The summed E-state index contributed by atoms with van der Waals surface area (Å²) in [4.78, 5) is 9.30. The molecule has 0 bridgehead atoms. The third-order valence-electron chi connectivity index (χ3n) is 2.82. The van der Waals surface area contributed by atoms with Gasteiger partial charge < -0.3 is 5.32 Å². The van der Waals surface area contributed by atoms with Crippen LogP contribution >= 0.6 is 11.3 Å². The maximum atomic E-state index is 4.71. The van der Waals surface area contributed by atoms with Gasteiger partial charge in [-0.25, -0.2) is 9.97 Å². The summed E-state index contributed by atoms with van der Waals surface area (Å²) in [7, 11) is 0. The summed E-state index contributed by atoms with van der Waals surface area (Å²) in [6.07, 6.45) is 0.806. The minimum Gasteiger partial charge on any atom is -0.370 e. The molecule has 0 amide bonds. The van der Waals surface area contributed by atoms with Gasteiger partial charge in [-0.15, -0.1) is 11.3 Å². The minimum atomic E-state index is 0.119. The summed E-state index contributed by atoms with van der Waals surface area (Å²) in [5, 5.41) is 6.52. The molecule has 2 rings (SSSR count). The van der Waals surface area contributed by atoms with Gasteiger partial charge in [0.05, 0.1) is 10.7 Å². The summed E-state index contributed by atoms with van der Waals surface area (Å²) in [6.45, 7) is 9.54. The standard InChI is InChI=1S/C15H21N3S/c1-5-16-13-8-6-7-11(17-13)9-14-18-12(10-19-14)15(2,3)4/h6-8,10H,5,9H2,1-4H3,(H,16,17). The molecule has 19 heavy (non-hydrogen) atoms. The molecule has 2 heterocycles. The van der Waals surface area contributed by atoms with E-state index in [1.807, 2.05) is 12.1 Å². The van der Waals surface area contributed by atoms with Crippen LogP contribution in [0.5, 0.6) is 0 Å². The molecule has 0 atom stereocenters. The summed E-state index contributed by atoms with van der Waals surface area (Å²) in [6, 6.07) is 6.09. The molecule has 4 heteroatoms. The molecule has 0 aliphatic carbocycles. The van der Waals surface area contributed by atoms with Crippen molar-refractivity contribution in [1.82, 2.24) is 9.97 Å². The molecule has 0 spiro atoms. The van der Waals surface area contributed by atoms with Gasteiger partial charge in [0.2, 0.25) is 0 Å². The second-order valence-corrected chi connectivity index (χ2v) is 6.54. The van der Waals surface area contributed by atoms with Gasteiger partial charge in [-0.05, 0) is 19.1 Å². The van der Waals surface area contributed by atoms with Crippen LogP contribution in [0.4, 0.5) is 5.82 Å². The van der Waals surface area contributed by atoms with Crippen molar-refractivity contribution in [3.63, 3.8) is 0 Å². The summed E-state index contributed by atoms with van der Waals surface area (Å²) >= 11 is 1.72. The number of aromatic nitrogens is 2. The van der Waals surface area contributed by atoms with Gasteiger partial charge in [-0.3, -0.25) is 0 Å². The lowest BCUT2D eigenvalue weighted by Crippen LogP contribution is -2.11. The molecule has 0 aromatic carbocycles. The molecule has 1 N–H and O–H groups in total. The Morgan fingerprint density at radius 3 is 2.63 bits per heavy atom. The number of rotatable bonds is 4. The maximum absolute atomic E-state index is 4.71. The zero-order valence-corrected chi connectivity index (χ0v) is 12.8. The van der Waals surface area contributed by atoms with Gasteiger partial charge in [-0.2, -0.15) is 0 Å². The number of hydrogen-bond acceptors (Lipinski definition) is 4. The Labute approximate surface area is 119 Å². The third-order valence-corrected chi connectivity index (χ3v) is 3.67. The van der Waals surface area contributed by atoms with Crippen LogP contribution in [0.3, 0.4) is 0 Å². The molecule has 0 aliphatic heterocycles. The van der Waals surface area contributed by atoms with E-state index in [2.05, 4.69) is 49.4 Å². The van der Waals surface area contributed by atoms with Crippen LogP contribution < -0.4 is 5.32 Å². The van der Waals surface area contributed by atoms with E-state index >= 15 is 0 Å². The molecule has 0 radical (unpaired) electrons. The molecule has 0 saturated carbocycles. The highest BCUT2D eigenvalue weighted by atomic mass is 32.1. The zero-order chi connectivity index (χ0) is 13.9. The van der Waals surface area contributed by atoms with Gasteiger partial charge in [0, 0.05) is 29.5 Å². The lowest BCUT2D eigenvalue weighted by molar-refractivity contribution is 0.571. The average Bonchev–Trinajstić information content (AvgIpc) is 2.78. The average molecular weight is 275 g/mol. The Balaban J connectivity index is 2.12. The van der Waals surface area contributed by atoms with Crippen molar-refractivity contribution < 1.29 is 0 Å². The smallest absolute Gasteiger partial charge is 0.126 e. The lowest BCUT2D eigenvalue weighted by atomic mass is 9.93. The van der Waals surface area contributed by atoms with Crippen LogP contribution in [-0.2, 0) is 11.8 Å². The maximum Gasteiger partial charge on any atom is 0.126 e. The Morgan fingerprint density at radius 2 is 2.00 bits per heavy atom. The highest BCUT2D eigenvalue weighted by molar-refractivity contribution is 7.09. The SMILES string of the molecule is CCNc1cccc(Cc2nc(C(C)(C)C)cs2)n1. The van der Waals surface area contributed by atoms with Crippen LogP contribution in [0.2, 0.25) is 0 Å². The first kappa shape index (κ1) is 14.0. The summed E-state index contributed by atoms with van der Waals surface area (Å²) < 4.78 is 0. The first-order valence-corrected chi connectivity index (χ1v) is 7.51.